The van der Waals surface area contributed by atoms with Crippen molar-refractivity contribution in [3.05, 3.63) is 40.4 Å². The van der Waals surface area contributed by atoms with Crippen molar-refractivity contribution in [1.82, 2.24) is 19.0 Å². The van der Waals surface area contributed by atoms with E-state index in [1.165, 1.54) is 21.1 Å². The second-order valence-corrected chi connectivity index (χ2v) is 7.28. The van der Waals surface area contributed by atoms with Crippen LogP contribution in [0, 0.1) is 0 Å². The lowest BCUT2D eigenvalue weighted by Gasteiger charge is -2.15. The minimum Gasteiger partial charge on any atom is -0.337 e. The summed E-state index contributed by atoms with van der Waals surface area (Å²) in [6.07, 6.45) is 3.78. The van der Waals surface area contributed by atoms with Crippen LogP contribution < -0.4 is 5.56 Å². The second-order valence-electron chi connectivity index (χ2n) is 5.37. The number of rotatable bonds is 5. The van der Waals surface area contributed by atoms with E-state index in [2.05, 4.69) is 10.1 Å². The Bertz CT molecular complexity index is 850. The molecule has 1 aliphatic heterocycles. The zero-order valence-corrected chi connectivity index (χ0v) is 13.6. The van der Waals surface area contributed by atoms with Crippen molar-refractivity contribution in [2.75, 3.05) is 13.1 Å². The molecule has 0 unspecified atom stereocenters. The van der Waals surface area contributed by atoms with Crippen LogP contribution in [0.3, 0.4) is 0 Å². The summed E-state index contributed by atoms with van der Waals surface area (Å²) in [5, 5.41) is 3.77. The van der Waals surface area contributed by atoms with Crippen LogP contribution in [0.2, 0.25) is 0 Å². The molecule has 1 aliphatic rings. The fourth-order valence-corrected chi connectivity index (χ4v) is 4.15. The number of aryl methyl sites for hydroxylation is 1. The van der Waals surface area contributed by atoms with Gasteiger partial charge in [0.25, 0.3) is 5.56 Å². The molecule has 0 aliphatic carbocycles. The molecular formula is C14H18N4O4S. The normalized spacial score (nSPS) is 16.0. The molecule has 0 atom stereocenters. The van der Waals surface area contributed by atoms with Crippen molar-refractivity contribution in [2.24, 2.45) is 0 Å². The summed E-state index contributed by atoms with van der Waals surface area (Å²) in [5.74, 6) is 0.827. The standard InChI is InChI=1S/C14H18N4O4S/c1-2-12-15-13(22-16-12)10-17-7-5-6-11(14(17)19)23(20,21)18-8-3-4-9-18/h5-7H,2-4,8-10H2,1H3. The Kier molecular flexibility index (Phi) is 4.31. The van der Waals surface area contributed by atoms with Gasteiger partial charge < -0.3 is 9.09 Å². The Labute approximate surface area is 133 Å². The largest absolute Gasteiger partial charge is 0.337 e. The molecular weight excluding hydrogens is 320 g/mol. The van der Waals surface area contributed by atoms with Gasteiger partial charge in [-0.1, -0.05) is 12.1 Å². The van der Waals surface area contributed by atoms with Crippen molar-refractivity contribution in [1.29, 1.82) is 0 Å². The van der Waals surface area contributed by atoms with E-state index in [0.717, 1.165) is 12.8 Å². The molecule has 0 bridgehead atoms. The molecule has 0 N–H and O–H groups in total. The Balaban J connectivity index is 1.93. The number of hydrogen-bond acceptors (Lipinski definition) is 6. The minimum atomic E-state index is -3.75. The first kappa shape index (κ1) is 15.9. The van der Waals surface area contributed by atoms with Gasteiger partial charge in [0, 0.05) is 25.7 Å². The Morgan fingerprint density at radius 3 is 2.70 bits per heavy atom. The SMILES string of the molecule is CCc1noc(Cn2cccc(S(=O)(=O)N3CCCC3)c2=O)n1. The summed E-state index contributed by atoms with van der Waals surface area (Å²) in [6, 6.07) is 2.89. The van der Waals surface area contributed by atoms with E-state index in [1.807, 2.05) is 6.92 Å². The van der Waals surface area contributed by atoms with E-state index in [9.17, 15) is 13.2 Å². The molecule has 8 nitrogen and oxygen atoms in total. The van der Waals surface area contributed by atoms with Crippen molar-refractivity contribution >= 4 is 10.0 Å². The third-order valence-corrected chi connectivity index (χ3v) is 5.71. The highest BCUT2D eigenvalue weighted by Gasteiger charge is 2.29. The highest BCUT2D eigenvalue weighted by molar-refractivity contribution is 7.89. The van der Waals surface area contributed by atoms with E-state index < -0.39 is 15.6 Å². The Morgan fingerprint density at radius 2 is 2.04 bits per heavy atom. The maximum absolute atomic E-state index is 12.6. The molecule has 0 aromatic carbocycles. The summed E-state index contributed by atoms with van der Waals surface area (Å²) in [5.41, 5.74) is -0.573. The van der Waals surface area contributed by atoms with E-state index in [4.69, 9.17) is 4.52 Å². The quantitative estimate of drug-likeness (QED) is 0.793. The number of pyridine rings is 1. The van der Waals surface area contributed by atoms with Crippen molar-refractivity contribution in [2.45, 2.75) is 37.6 Å². The van der Waals surface area contributed by atoms with Crippen LogP contribution in [0.5, 0.6) is 0 Å². The lowest BCUT2D eigenvalue weighted by Crippen LogP contribution is -2.34. The van der Waals surface area contributed by atoms with Crippen LogP contribution >= 0.6 is 0 Å². The molecule has 0 radical (unpaired) electrons. The summed E-state index contributed by atoms with van der Waals surface area (Å²) >= 11 is 0. The summed E-state index contributed by atoms with van der Waals surface area (Å²) < 4.78 is 32.8. The first-order valence-corrected chi connectivity index (χ1v) is 8.97. The smallest absolute Gasteiger partial charge is 0.271 e. The molecule has 0 saturated carbocycles. The predicted molar refractivity (Wildman–Crippen MR) is 81.5 cm³/mol. The first-order valence-electron chi connectivity index (χ1n) is 7.53. The van der Waals surface area contributed by atoms with Crippen LogP contribution in [-0.4, -0.2) is 40.5 Å². The van der Waals surface area contributed by atoms with Crippen molar-refractivity contribution < 1.29 is 12.9 Å². The first-order chi connectivity index (χ1) is 11.0. The molecule has 2 aromatic rings. The van der Waals surface area contributed by atoms with Gasteiger partial charge in [0.15, 0.2) is 5.82 Å². The van der Waals surface area contributed by atoms with E-state index in [-0.39, 0.29) is 17.3 Å². The van der Waals surface area contributed by atoms with Crippen LogP contribution in [0.4, 0.5) is 0 Å². The maximum atomic E-state index is 12.6. The summed E-state index contributed by atoms with van der Waals surface area (Å²) in [6.45, 7) is 2.86. The van der Waals surface area contributed by atoms with Crippen LogP contribution in [0.25, 0.3) is 0 Å². The lowest BCUT2D eigenvalue weighted by molar-refractivity contribution is 0.364. The Hall–Kier alpha value is -2.00. The highest BCUT2D eigenvalue weighted by atomic mass is 32.2. The van der Waals surface area contributed by atoms with E-state index >= 15 is 0 Å². The van der Waals surface area contributed by atoms with Gasteiger partial charge in [0.05, 0.1) is 0 Å². The molecule has 3 heterocycles. The summed E-state index contributed by atoms with van der Waals surface area (Å²) in [7, 11) is -3.75. The number of hydrogen-bond donors (Lipinski definition) is 0. The molecule has 124 valence electrons. The van der Waals surface area contributed by atoms with Gasteiger partial charge in [0.1, 0.15) is 11.4 Å². The number of nitrogens with zero attached hydrogens (tertiary/aromatic N) is 4. The molecule has 1 fully saturated rings. The fourth-order valence-electron chi connectivity index (χ4n) is 2.55. The zero-order chi connectivity index (χ0) is 16.4. The Morgan fingerprint density at radius 1 is 1.30 bits per heavy atom. The van der Waals surface area contributed by atoms with E-state index in [0.29, 0.717) is 25.3 Å². The van der Waals surface area contributed by atoms with Crippen molar-refractivity contribution in [3.63, 3.8) is 0 Å². The predicted octanol–water partition coefficient (Wildman–Crippen LogP) is 0.627. The molecule has 1 saturated heterocycles. The van der Waals surface area contributed by atoms with Crippen LogP contribution in [0.15, 0.2) is 32.5 Å². The molecule has 23 heavy (non-hydrogen) atoms. The van der Waals surface area contributed by atoms with Crippen LogP contribution in [0.1, 0.15) is 31.5 Å². The molecule has 9 heteroatoms. The summed E-state index contributed by atoms with van der Waals surface area (Å²) in [4.78, 5) is 16.4. The average molecular weight is 338 g/mol. The molecule has 2 aromatic heterocycles. The van der Waals surface area contributed by atoms with E-state index in [1.54, 1.807) is 6.07 Å². The third kappa shape index (κ3) is 3.06. The fraction of sp³-hybridized carbons (Fsp3) is 0.500. The minimum absolute atomic E-state index is 0.0508. The maximum Gasteiger partial charge on any atom is 0.271 e. The second kappa shape index (κ2) is 6.25. The van der Waals surface area contributed by atoms with Crippen molar-refractivity contribution in [3.8, 4) is 0 Å². The van der Waals surface area contributed by atoms with Gasteiger partial charge >= 0.3 is 0 Å². The third-order valence-electron chi connectivity index (χ3n) is 3.80. The number of sulfonamides is 1. The molecule has 3 rings (SSSR count). The molecule has 0 amide bonds. The lowest BCUT2D eigenvalue weighted by atomic mass is 10.4. The van der Waals surface area contributed by atoms with Gasteiger partial charge in [-0.15, -0.1) is 0 Å². The van der Waals surface area contributed by atoms with Crippen LogP contribution in [-0.2, 0) is 23.0 Å². The topological polar surface area (TPSA) is 98.3 Å². The van der Waals surface area contributed by atoms with Gasteiger partial charge in [0.2, 0.25) is 15.9 Å². The molecule has 0 spiro atoms. The number of aromatic nitrogens is 3. The van der Waals surface area contributed by atoms with Gasteiger partial charge in [-0.3, -0.25) is 4.79 Å². The van der Waals surface area contributed by atoms with Gasteiger partial charge in [-0.05, 0) is 25.0 Å². The van der Waals surface area contributed by atoms with Gasteiger partial charge in [-0.2, -0.15) is 9.29 Å². The zero-order valence-electron chi connectivity index (χ0n) is 12.8. The monoisotopic (exact) mass is 338 g/mol. The highest BCUT2D eigenvalue weighted by Crippen LogP contribution is 2.18. The van der Waals surface area contributed by atoms with Gasteiger partial charge in [-0.25, -0.2) is 8.42 Å². The average Bonchev–Trinajstić information content (AvgIpc) is 3.20.